The SMILES string of the molecule is C[C@H](C#N)Sc1nnc(-c2cccc([N+](=O)[O-])c2)o1. The van der Waals surface area contributed by atoms with Crippen molar-refractivity contribution in [1.82, 2.24) is 10.2 Å². The molecule has 0 bridgehead atoms. The van der Waals surface area contributed by atoms with Crippen LogP contribution in [0.15, 0.2) is 33.9 Å². The predicted molar refractivity (Wildman–Crippen MR) is 67.3 cm³/mol. The molecule has 1 atom stereocenters. The molecule has 0 aliphatic carbocycles. The van der Waals surface area contributed by atoms with E-state index in [1.165, 1.54) is 12.1 Å². The number of hydrogen-bond donors (Lipinski definition) is 0. The van der Waals surface area contributed by atoms with Crippen LogP contribution in [0, 0.1) is 21.4 Å². The van der Waals surface area contributed by atoms with E-state index >= 15 is 0 Å². The molecule has 2 aromatic rings. The monoisotopic (exact) mass is 276 g/mol. The standard InChI is InChI=1S/C11H8N4O3S/c1-7(6-12)19-11-14-13-10(18-11)8-3-2-4-9(5-8)15(16)17/h2-5,7H,1H3/t7-/m1/s1. The van der Waals surface area contributed by atoms with Crippen LogP contribution in [0.3, 0.4) is 0 Å². The van der Waals surface area contributed by atoms with Crippen molar-refractivity contribution in [2.75, 3.05) is 0 Å². The molecule has 8 heteroatoms. The van der Waals surface area contributed by atoms with Gasteiger partial charge < -0.3 is 4.42 Å². The molecule has 0 fully saturated rings. The largest absolute Gasteiger partial charge is 0.411 e. The summed E-state index contributed by atoms with van der Waals surface area (Å²) in [6.07, 6.45) is 0. The molecule has 0 aliphatic rings. The Morgan fingerprint density at radius 2 is 2.32 bits per heavy atom. The molecule has 19 heavy (non-hydrogen) atoms. The number of rotatable bonds is 4. The van der Waals surface area contributed by atoms with Crippen molar-refractivity contribution < 1.29 is 9.34 Å². The van der Waals surface area contributed by atoms with Crippen LogP contribution >= 0.6 is 11.8 Å². The molecule has 0 radical (unpaired) electrons. The molecular formula is C11H8N4O3S. The second-order valence-electron chi connectivity index (χ2n) is 3.57. The lowest BCUT2D eigenvalue weighted by atomic mass is 10.2. The number of nitrogens with zero attached hydrogens (tertiary/aromatic N) is 4. The van der Waals surface area contributed by atoms with Gasteiger partial charge in [-0.3, -0.25) is 10.1 Å². The summed E-state index contributed by atoms with van der Waals surface area (Å²) in [7, 11) is 0. The minimum atomic E-state index is -0.493. The van der Waals surface area contributed by atoms with Gasteiger partial charge in [0, 0.05) is 17.7 Å². The third kappa shape index (κ3) is 3.08. The number of nitriles is 1. The molecular weight excluding hydrogens is 268 g/mol. The van der Waals surface area contributed by atoms with Crippen molar-refractivity contribution in [3.05, 3.63) is 34.4 Å². The average Bonchev–Trinajstić information content (AvgIpc) is 2.87. The van der Waals surface area contributed by atoms with Crippen LogP contribution in [0.5, 0.6) is 0 Å². The smallest absolute Gasteiger partial charge is 0.278 e. The fourth-order valence-electron chi connectivity index (χ4n) is 1.30. The lowest BCUT2D eigenvalue weighted by Gasteiger charge is -1.96. The van der Waals surface area contributed by atoms with Gasteiger partial charge in [0.25, 0.3) is 10.9 Å². The molecule has 7 nitrogen and oxygen atoms in total. The molecule has 2 rings (SSSR count). The molecule has 96 valence electrons. The second kappa shape index (κ2) is 5.49. The molecule has 0 saturated carbocycles. The molecule has 0 amide bonds. The van der Waals surface area contributed by atoms with Gasteiger partial charge in [0.1, 0.15) is 0 Å². The van der Waals surface area contributed by atoms with Gasteiger partial charge in [-0.25, -0.2) is 0 Å². The highest BCUT2D eigenvalue weighted by Gasteiger charge is 2.14. The van der Waals surface area contributed by atoms with Gasteiger partial charge in [0.05, 0.1) is 16.2 Å². The first-order valence-electron chi connectivity index (χ1n) is 5.25. The van der Waals surface area contributed by atoms with Crippen molar-refractivity contribution >= 4 is 17.4 Å². The van der Waals surface area contributed by atoms with Gasteiger partial charge >= 0.3 is 0 Å². The van der Waals surface area contributed by atoms with Gasteiger partial charge in [-0.05, 0) is 24.8 Å². The third-order valence-corrected chi connectivity index (χ3v) is 3.00. The summed E-state index contributed by atoms with van der Waals surface area (Å²) in [4.78, 5) is 10.2. The van der Waals surface area contributed by atoms with E-state index in [1.54, 1.807) is 19.1 Å². The highest BCUT2D eigenvalue weighted by Crippen LogP contribution is 2.27. The quantitative estimate of drug-likeness (QED) is 0.480. The Hall–Kier alpha value is -2.40. The predicted octanol–water partition coefficient (Wildman–Crippen LogP) is 2.65. The first-order valence-corrected chi connectivity index (χ1v) is 6.12. The van der Waals surface area contributed by atoms with Gasteiger partial charge in [-0.15, -0.1) is 10.2 Å². The van der Waals surface area contributed by atoms with Crippen molar-refractivity contribution in [3.8, 4) is 17.5 Å². The number of aromatic nitrogens is 2. The molecule has 1 aromatic carbocycles. The number of benzene rings is 1. The summed E-state index contributed by atoms with van der Waals surface area (Å²) in [5.41, 5.74) is 0.424. The normalized spacial score (nSPS) is 11.8. The van der Waals surface area contributed by atoms with Crippen LogP contribution in [0.4, 0.5) is 5.69 Å². The Balaban J connectivity index is 2.25. The lowest BCUT2D eigenvalue weighted by Crippen LogP contribution is -1.88. The van der Waals surface area contributed by atoms with E-state index < -0.39 is 4.92 Å². The van der Waals surface area contributed by atoms with E-state index in [-0.39, 0.29) is 22.1 Å². The number of hydrogen-bond acceptors (Lipinski definition) is 7. The molecule has 0 unspecified atom stereocenters. The molecule has 0 spiro atoms. The Kier molecular flexibility index (Phi) is 3.77. The average molecular weight is 276 g/mol. The van der Waals surface area contributed by atoms with Gasteiger partial charge in [-0.2, -0.15) is 5.26 Å². The molecule has 1 heterocycles. The highest BCUT2D eigenvalue weighted by molar-refractivity contribution is 7.99. The topological polar surface area (TPSA) is 106 Å². The molecule has 1 aromatic heterocycles. The van der Waals surface area contributed by atoms with Crippen LogP contribution in [-0.4, -0.2) is 20.4 Å². The van der Waals surface area contributed by atoms with E-state index in [2.05, 4.69) is 10.2 Å². The van der Waals surface area contributed by atoms with E-state index in [0.29, 0.717) is 5.56 Å². The fourth-order valence-corrected chi connectivity index (χ4v) is 1.87. The minimum absolute atomic E-state index is 0.0460. The minimum Gasteiger partial charge on any atom is -0.411 e. The number of non-ortho nitro benzene ring substituents is 1. The highest BCUT2D eigenvalue weighted by atomic mass is 32.2. The van der Waals surface area contributed by atoms with Crippen molar-refractivity contribution in [2.24, 2.45) is 0 Å². The van der Waals surface area contributed by atoms with Crippen LogP contribution < -0.4 is 0 Å². The van der Waals surface area contributed by atoms with E-state index in [0.717, 1.165) is 11.8 Å². The summed E-state index contributed by atoms with van der Waals surface area (Å²) < 4.78 is 5.34. The number of nitro groups is 1. The van der Waals surface area contributed by atoms with Crippen molar-refractivity contribution in [1.29, 1.82) is 5.26 Å². The van der Waals surface area contributed by atoms with Crippen LogP contribution in [-0.2, 0) is 0 Å². The van der Waals surface area contributed by atoms with Crippen LogP contribution in [0.2, 0.25) is 0 Å². The van der Waals surface area contributed by atoms with Crippen molar-refractivity contribution in [3.63, 3.8) is 0 Å². The summed E-state index contributed by atoms with van der Waals surface area (Å²) >= 11 is 1.13. The Morgan fingerprint density at radius 1 is 1.53 bits per heavy atom. The Morgan fingerprint density at radius 3 is 3.00 bits per heavy atom. The Labute approximate surface area is 112 Å². The van der Waals surface area contributed by atoms with Gasteiger partial charge in [-0.1, -0.05) is 6.07 Å². The maximum Gasteiger partial charge on any atom is 0.278 e. The van der Waals surface area contributed by atoms with E-state index in [1.807, 2.05) is 6.07 Å². The maximum absolute atomic E-state index is 10.7. The number of thioether (sulfide) groups is 1. The van der Waals surface area contributed by atoms with E-state index in [4.69, 9.17) is 9.68 Å². The summed E-state index contributed by atoms with van der Waals surface area (Å²) in [6.45, 7) is 1.71. The molecule has 0 N–H and O–H groups in total. The molecule has 0 saturated heterocycles. The zero-order valence-electron chi connectivity index (χ0n) is 9.81. The zero-order valence-corrected chi connectivity index (χ0v) is 10.6. The third-order valence-electron chi connectivity index (χ3n) is 2.17. The van der Waals surface area contributed by atoms with Gasteiger partial charge in [0.15, 0.2) is 0 Å². The maximum atomic E-state index is 10.7. The Bertz CT molecular complexity index is 649. The van der Waals surface area contributed by atoms with Crippen molar-refractivity contribution in [2.45, 2.75) is 17.4 Å². The lowest BCUT2D eigenvalue weighted by molar-refractivity contribution is -0.384. The van der Waals surface area contributed by atoms with E-state index in [9.17, 15) is 10.1 Å². The summed E-state index contributed by atoms with van der Waals surface area (Å²) in [5, 5.41) is 26.9. The number of nitro benzene ring substituents is 1. The molecule has 0 aliphatic heterocycles. The first kappa shape index (κ1) is 13.0. The summed E-state index contributed by atoms with van der Waals surface area (Å²) in [6, 6.07) is 7.96. The zero-order chi connectivity index (χ0) is 13.8. The van der Waals surface area contributed by atoms with Crippen LogP contribution in [0.1, 0.15) is 6.92 Å². The van der Waals surface area contributed by atoms with Gasteiger partial charge in [0.2, 0.25) is 5.89 Å². The second-order valence-corrected chi connectivity index (χ2v) is 4.86. The van der Waals surface area contributed by atoms with Crippen LogP contribution in [0.25, 0.3) is 11.5 Å². The first-order chi connectivity index (χ1) is 9.10. The summed E-state index contributed by atoms with van der Waals surface area (Å²) in [5.74, 6) is 0.191. The fraction of sp³-hybridized carbons (Fsp3) is 0.182.